The molecule has 1 aromatic rings. The second kappa shape index (κ2) is 7.01. The van der Waals surface area contributed by atoms with E-state index in [1.165, 1.54) is 0 Å². The van der Waals surface area contributed by atoms with Crippen LogP contribution in [0.1, 0.15) is 37.3 Å². The fraction of sp³-hybridized carbons (Fsp3) is 0.588. The van der Waals surface area contributed by atoms with E-state index in [9.17, 15) is 13.2 Å². The molecule has 1 aliphatic carbocycles. The summed E-state index contributed by atoms with van der Waals surface area (Å²) in [5.41, 5.74) is 0.870. The Hall–Kier alpha value is -1.40. The fourth-order valence-corrected chi connectivity index (χ4v) is 4.58. The van der Waals surface area contributed by atoms with Gasteiger partial charge in [-0.3, -0.25) is 4.90 Å². The molecule has 23 heavy (non-hydrogen) atoms. The zero-order valence-electron chi connectivity index (χ0n) is 13.2. The van der Waals surface area contributed by atoms with Gasteiger partial charge in [0.1, 0.15) is 12.1 Å². The number of sulfone groups is 1. The van der Waals surface area contributed by atoms with Crippen LogP contribution in [-0.2, 0) is 19.4 Å². The van der Waals surface area contributed by atoms with E-state index in [4.69, 9.17) is 4.74 Å². The van der Waals surface area contributed by atoms with Crippen LogP contribution in [-0.4, -0.2) is 50.0 Å². The van der Waals surface area contributed by atoms with Gasteiger partial charge in [0, 0.05) is 13.1 Å². The van der Waals surface area contributed by atoms with Gasteiger partial charge in [0.15, 0.2) is 9.84 Å². The molecule has 5 nitrogen and oxygen atoms in total. The van der Waals surface area contributed by atoms with Crippen molar-refractivity contribution in [1.29, 1.82) is 0 Å². The Morgan fingerprint density at radius 3 is 2.30 bits per heavy atom. The van der Waals surface area contributed by atoms with E-state index >= 15 is 0 Å². The third-order valence-corrected chi connectivity index (χ3v) is 6.28. The molecule has 0 amide bonds. The maximum Gasteiger partial charge on any atom is 0.328 e. The van der Waals surface area contributed by atoms with Crippen LogP contribution >= 0.6 is 0 Å². The summed E-state index contributed by atoms with van der Waals surface area (Å²) in [5, 5.41) is 0. The van der Waals surface area contributed by atoms with Crippen molar-refractivity contribution in [2.75, 3.05) is 24.6 Å². The van der Waals surface area contributed by atoms with E-state index in [1.54, 1.807) is 0 Å². The number of ether oxygens (including phenoxy) is 1. The number of hydrogen-bond acceptors (Lipinski definition) is 5. The Kier molecular flexibility index (Phi) is 5.02. The van der Waals surface area contributed by atoms with Gasteiger partial charge in [0.05, 0.1) is 11.5 Å². The van der Waals surface area contributed by atoms with Crippen LogP contribution in [0.5, 0.6) is 0 Å². The third-order valence-electron chi connectivity index (χ3n) is 4.67. The van der Waals surface area contributed by atoms with Crippen LogP contribution in [0.15, 0.2) is 30.3 Å². The zero-order valence-corrected chi connectivity index (χ0v) is 14.0. The highest BCUT2D eigenvalue weighted by Crippen LogP contribution is 2.28. The third kappa shape index (κ3) is 4.12. The summed E-state index contributed by atoms with van der Waals surface area (Å²) in [6.45, 7) is 0.753. The summed E-state index contributed by atoms with van der Waals surface area (Å²) >= 11 is 0. The zero-order chi connectivity index (χ0) is 16.3. The minimum atomic E-state index is -2.97. The Morgan fingerprint density at radius 1 is 1.09 bits per heavy atom. The second-order valence-electron chi connectivity index (χ2n) is 6.34. The number of rotatable bonds is 4. The number of carbonyl (C=O) groups excluding carboxylic acids is 1. The maximum atomic E-state index is 12.7. The van der Waals surface area contributed by atoms with Crippen molar-refractivity contribution in [2.24, 2.45) is 0 Å². The number of carbonyl (C=O) groups is 1. The highest BCUT2D eigenvalue weighted by atomic mass is 32.2. The smallest absolute Gasteiger partial charge is 0.328 e. The van der Waals surface area contributed by atoms with Crippen LogP contribution in [0, 0.1) is 0 Å². The Labute approximate surface area is 137 Å². The van der Waals surface area contributed by atoms with E-state index in [1.807, 2.05) is 35.2 Å². The van der Waals surface area contributed by atoms with Gasteiger partial charge in [-0.2, -0.15) is 0 Å². The average molecular weight is 337 g/mol. The lowest BCUT2D eigenvalue weighted by atomic mass is 10.1. The SMILES string of the molecule is O=C(OC1CCCC1)C(c1ccccc1)N1CCS(=O)(=O)CC1. The first-order chi connectivity index (χ1) is 11.1. The normalized spacial score (nSPS) is 23.5. The summed E-state index contributed by atoms with van der Waals surface area (Å²) in [4.78, 5) is 14.7. The maximum absolute atomic E-state index is 12.7. The summed E-state index contributed by atoms with van der Waals surface area (Å²) in [6.07, 6.45) is 4.09. The summed E-state index contributed by atoms with van der Waals surface area (Å²) < 4.78 is 29.0. The molecule has 3 rings (SSSR count). The second-order valence-corrected chi connectivity index (χ2v) is 8.65. The van der Waals surface area contributed by atoms with Crippen LogP contribution in [0.25, 0.3) is 0 Å². The van der Waals surface area contributed by atoms with Crippen LogP contribution in [0.4, 0.5) is 0 Å². The quantitative estimate of drug-likeness (QED) is 0.786. The molecule has 0 aromatic heterocycles. The molecule has 2 aliphatic rings. The minimum Gasteiger partial charge on any atom is -0.461 e. The fourth-order valence-electron chi connectivity index (χ4n) is 3.35. The monoisotopic (exact) mass is 337 g/mol. The molecule has 1 atom stereocenters. The van der Waals surface area contributed by atoms with Crippen molar-refractivity contribution in [1.82, 2.24) is 4.90 Å². The molecule has 1 aromatic carbocycles. The Bertz CT molecular complexity index is 624. The van der Waals surface area contributed by atoms with Crippen LogP contribution in [0.3, 0.4) is 0 Å². The van der Waals surface area contributed by atoms with Crippen molar-refractivity contribution >= 4 is 15.8 Å². The number of nitrogens with zero attached hydrogens (tertiary/aromatic N) is 1. The Morgan fingerprint density at radius 2 is 1.70 bits per heavy atom. The van der Waals surface area contributed by atoms with Crippen molar-refractivity contribution in [3.63, 3.8) is 0 Å². The molecule has 1 aliphatic heterocycles. The Balaban J connectivity index is 1.78. The molecule has 6 heteroatoms. The molecule has 0 spiro atoms. The van der Waals surface area contributed by atoms with E-state index < -0.39 is 15.9 Å². The van der Waals surface area contributed by atoms with E-state index in [0.717, 1.165) is 31.2 Å². The first-order valence-corrected chi connectivity index (χ1v) is 10.1. The number of hydrogen-bond donors (Lipinski definition) is 0. The molecule has 1 unspecified atom stereocenters. The lowest BCUT2D eigenvalue weighted by Gasteiger charge is -2.33. The summed E-state index contributed by atoms with van der Waals surface area (Å²) in [5.74, 6) is -0.0394. The van der Waals surface area contributed by atoms with Crippen molar-refractivity contribution in [3.8, 4) is 0 Å². The largest absolute Gasteiger partial charge is 0.461 e. The standard InChI is InChI=1S/C17H23NO4S/c19-17(22-15-8-4-5-9-15)16(14-6-2-1-3-7-14)18-10-12-23(20,21)13-11-18/h1-3,6-7,15-16H,4-5,8-13H2. The van der Waals surface area contributed by atoms with Gasteiger partial charge in [-0.15, -0.1) is 0 Å². The van der Waals surface area contributed by atoms with Crippen molar-refractivity contribution in [3.05, 3.63) is 35.9 Å². The van der Waals surface area contributed by atoms with Gasteiger partial charge in [0.2, 0.25) is 0 Å². The number of esters is 1. The minimum absolute atomic E-state index is 0.0160. The molecule has 0 radical (unpaired) electrons. The molecule has 1 saturated heterocycles. The predicted octanol–water partition coefficient (Wildman–Crippen LogP) is 1.94. The van der Waals surface area contributed by atoms with Crippen molar-refractivity contribution in [2.45, 2.75) is 37.8 Å². The molecule has 0 bridgehead atoms. The summed E-state index contributed by atoms with van der Waals surface area (Å²) in [7, 11) is -2.97. The molecule has 2 fully saturated rings. The van der Waals surface area contributed by atoms with Crippen molar-refractivity contribution < 1.29 is 17.9 Å². The van der Waals surface area contributed by atoms with E-state index in [-0.39, 0.29) is 23.6 Å². The van der Waals surface area contributed by atoms with Gasteiger partial charge in [-0.05, 0) is 31.2 Å². The predicted molar refractivity (Wildman–Crippen MR) is 87.8 cm³/mol. The highest BCUT2D eigenvalue weighted by Gasteiger charge is 2.34. The van der Waals surface area contributed by atoms with Gasteiger partial charge in [-0.25, -0.2) is 13.2 Å². The topological polar surface area (TPSA) is 63.7 Å². The van der Waals surface area contributed by atoms with Gasteiger partial charge >= 0.3 is 5.97 Å². The van der Waals surface area contributed by atoms with E-state index in [0.29, 0.717) is 13.1 Å². The molecule has 1 saturated carbocycles. The molecular weight excluding hydrogens is 314 g/mol. The first kappa shape index (κ1) is 16.5. The van der Waals surface area contributed by atoms with Crippen LogP contribution < -0.4 is 0 Å². The van der Waals surface area contributed by atoms with Gasteiger partial charge < -0.3 is 4.74 Å². The van der Waals surface area contributed by atoms with Gasteiger partial charge in [-0.1, -0.05) is 30.3 Å². The molecule has 126 valence electrons. The van der Waals surface area contributed by atoms with Crippen LogP contribution in [0.2, 0.25) is 0 Å². The molecule has 1 heterocycles. The first-order valence-electron chi connectivity index (χ1n) is 8.25. The van der Waals surface area contributed by atoms with E-state index in [2.05, 4.69) is 0 Å². The summed E-state index contributed by atoms with van der Waals surface area (Å²) in [6, 6.07) is 9.00. The lowest BCUT2D eigenvalue weighted by Crippen LogP contribution is -2.45. The lowest BCUT2D eigenvalue weighted by molar-refractivity contribution is -0.155. The molecular formula is C17H23NO4S. The highest BCUT2D eigenvalue weighted by molar-refractivity contribution is 7.91. The van der Waals surface area contributed by atoms with Gasteiger partial charge in [0.25, 0.3) is 0 Å². The average Bonchev–Trinajstić information content (AvgIpc) is 3.03. The number of benzene rings is 1. The molecule has 0 N–H and O–H groups in total.